The summed E-state index contributed by atoms with van der Waals surface area (Å²) in [4.78, 5) is 4.41. The maximum absolute atomic E-state index is 5.99. The third-order valence-electron chi connectivity index (χ3n) is 3.59. The minimum atomic E-state index is -0.375. The van der Waals surface area contributed by atoms with Crippen LogP contribution in [-0.4, -0.2) is 11.5 Å². The second kappa shape index (κ2) is 4.98. The molecule has 0 radical (unpaired) electrons. The lowest BCUT2D eigenvalue weighted by atomic mass is 9.92. The predicted molar refractivity (Wildman–Crippen MR) is 80.5 cm³/mol. The number of hydrogen-bond donors (Lipinski definition) is 2. The molecule has 0 fully saturated rings. The van der Waals surface area contributed by atoms with E-state index in [4.69, 9.17) is 10.2 Å². The Kier molecular flexibility index (Phi) is 3.16. The lowest BCUT2D eigenvalue weighted by Gasteiger charge is -2.30. The van der Waals surface area contributed by atoms with Crippen LogP contribution < -0.4 is 11.1 Å². The van der Waals surface area contributed by atoms with Crippen molar-refractivity contribution < 1.29 is 4.42 Å². The summed E-state index contributed by atoms with van der Waals surface area (Å²) in [5.41, 5.74) is 7.56. The molecule has 0 bridgehead atoms. The Labute approximate surface area is 117 Å². The van der Waals surface area contributed by atoms with Crippen LogP contribution in [0.15, 0.2) is 59.3 Å². The van der Waals surface area contributed by atoms with Crippen LogP contribution in [0.2, 0.25) is 0 Å². The number of pyridine rings is 1. The maximum atomic E-state index is 5.99. The molecule has 2 heterocycles. The molecule has 3 aromatic rings. The molecule has 0 saturated heterocycles. The van der Waals surface area contributed by atoms with E-state index >= 15 is 0 Å². The standard InChI is InChI=1S/C16H17N3O/c1-16(11-17,12-5-3-2-4-6-12)19-15-13-8-10-20-14(13)7-9-18-15/h2-10H,11,17H2,1H3,(H,18,19). The van der Waals surface area contributed by atoms with Gasteiger partial charge in [-0.15, -0.1) is 0 Å². The lowest BCUT2D eigenvalue weighted by molar-refractivity contribution is 0.554. The van der Waals surface area contributed by atoms with Crippen molar-refractivity contribution in [2.45, 2.75) is 12.5 Å². The van der Waals surface area contributed by atoms with Gasteiger partial charge in [-0.05, 0) is 24.6 Å². The monoisotopic (exact) mass is 267 g/mol. The largest absolute Gasteiger partial charge is 0.464 e. The molecule has 1 atom stereocenters. The van der Waals surface area contributed by atoms with Gasteiger partial charge in [-0.1, -0.05) is 30.3 Å². The summed E-state index contributed by atoms with van der Waals surface area (Å²) in [5.74, 6) is 0.785. The average molecular weight is 267 g/mol. The highest BCUT2D eigenvalue weighted by molar-refractivity contribution is 5.88. The number of anilines is 1. The highest BCUT2D eigenvalue weighted by Gasteiger charge is 2.25. The van der Waals surface area contributed by atoms with E-state index in [1.807, 2.05) is 30.3 Å². The summed E-state index contributed by atoms with van der Waals surface area (Å²) in [6.07, 6.45) is 3.40. The third kappa shape index (κ3) is 2.14. The summed E-state index contributed by atoms with van der Waals surface area (Å²) >= 11 is 0. The normalized spacial score (nSPS) is 14.1. The fourth-order valence-corrected chi connectivity index (χ4v) is 2.30. The molecule has 2 aromatic heterocycles. The summed E-state index contributed by atoms with van der Waals surface area (Å²) in [6, 6.07) is 13.9. The summed E-state index contributed by atoms with van der Waals surface area (Å²) in [7, 11) is 0. The van der Waals surface area contributed by atoms with E-state index in [0.717, 1.165) is 22.4 Å². The van der Waals surface area contributed by atoms with Crippen LogP contribution in [0.25, 0.3) is 11.0 Å². The molecule has 0 spiro atoms. The van der Waals surface area contributed by atoms with Crippen molar-refractivity contribution in [3.63, 3.8) is 0 Å². The van der Waals surface area contributed by atoms with Gasteiger partial charge in [0, 0.05) is 12.7 Å². The molecule has 0 aliphatic heterocycles. The Morgan fingerprint density at radius 3 is 2.75 bits per heavy atom. The fourth-order valence-electron chi connectivity index (χ4n) is 2.30. The van der Waals surface area contributed by atoms with Gasteiger partial charge in [0.2, 0.25) is 0 Å². The molecule has 20 heavy (non-hydrogen) atoms. The van der Waals surface area contributed by atoms with E-state index < -0.39 is 0 Å². The first kappa shape index (κ1) is 12.7. The van der Waals surface area contributed by atoms with E-state index in [-0.39, 0.29) is 5.54 Å². The summed E-state index contributed by atoms with van der Waals surface area (Å²) in [6.45, 7) is 2.54. The third-order valence-corrected chi connectivity index (χ3v) is 3.59. The molecule has 3 rings (SSSR count). The first-order valence-electron chi connectivity index (χ1n) is 6.59. The number of hydrogen-bond acceptors (Lipinski definition) is 4. The zero-order valence-corrected chi connectivity index (χ0v) is 11.3. The van der Waals surface area contributed by atoms with Crippen LogP contribution >= 0.6 is 0 Å². The van der Waals surface area contributed by atoms with Crippen molar-refractivity contribution in [1.29, 1.82) is 0 Å². The zero-order chi connectivity index (χ0) is 14.0. The van der Waals surface area contributed by atoms with Crippen molar-refractivity contribution in [1.82, 2.24) is 4.98 Å². The minimum Gasteiger partial charge on any atom is -0.464 e. The number of rotatable bonds is 4. The van der Waals surface area contributed by atoms with Crippen LogP contribution in [-0.2, 0) is 5.54 Å². The predicted octanol–water partition coefficient (Wildman–Crippen LogP) is 3.11. The van der Waals surface area contributed by atoms with Crippen LogP contribution in [0.3, 0.4) is 0 Å². The van der Waals surface area contributed by atoms with E-state index in [1.165, 1.54) is 0 Å². The number of benzene rings is 1. The Bertz CT molecular complexity index is 708. The van der Waals surface area contributed by atoms with Gasteiger partial charge in [-0.2, -0.15) is 0 Å². The number of nitrogens with two attached hydrogens (primary N) is 1. The Hall–Kier alpha value is -2.33. The smallest absolute Gasteiger partial charge is 0.139 e. The van der Waals surface area contributed by atoms with Crippen LogP contribution in [0.4, 0.5) is 5.82 Å². The number of nitrogens with one attached hydrogen (secondary N) is 1. The second-order valence-corrected chi connectivity index (χ2v) is 5.02. The number of furan rings is 1. The number of fused-ring (bicyclic) bond motifs is 1. The van der Waals surface area contributed by atoms with Crippen LogP contribution in [0, 0.1) is 0 Å². The van der Waals surface area contributed by atoms with E-state index in [2.05, 4.69) is 29.4 Å². The molecular weight excluding hydrogens is 250 g/mol. The van der Waals surface area contributed by atoms with Gasteiger partial charge in [0.1, 0.15) is 11.4 Å². The summed E-state index contributed by atoms with van der Waals surface area (Å²) < 4.78 is 5.40. The van der Waals surface area contributed by atoms with Crippen LogP contribution in [0.1, 0.15) is 12.5 Å². The molecule has 0 aliphatic carbocycles. The van der Waals surface area contributed by atoms with Gasteiger partial charge in [0.25, 0.3) is 0 Å². The average Bonchev–Trinajstić information content (AvgIpc) is 2.98. The number of aromatic nitrogens is 1. The zero-order valence-electron chi connectivity index (χ0n) is 11.3. The van der Waals surface area contributed by atoms with Crippen molar-refractivity contribution >= 4 is 16.8 Å². The highest BCUT2D eigenvalue weighted by Crippen LogP contribution is 2.29. The quantitative estimate of drug-likeness (QED) is 0.762. The molecular formula is C16H17N3O. The van der Waals surface area contributed by atoms with Gasteiger partial charge in [0.05, 0.1) is 17.2 Å². The molecule has 0 amide bonds. The SMILES string of the molecule is CC(CN)(Nc1nccc2occc12)c1ccccc1. The van der Waals surface area contributed by atoms with E-state index in [0.29, 0.717) is 6.54 Å². The molecule has 4 heteroatoms. The van der Waals surface area contributed by atoms with Gasteiger partial charge in [-0.25, -0.2) is 4.98 Å². The molecule has 0 aliphatic rings. The van der Waals surface area contributed by atoms with Crippen molar-refractivity contribution in [3.8, 4) is 0 Å². The molecule has 3 N–H and O–H groups in total. The molecule has 102 valence electrons. The summed E-state index contributed by atoms with van der Waals surface area (Å²) in [5, 5.41) is 4.42. The molecule has 4 nitrogen and oxygen atoms in total. The highest BCUT2D eigenvalue weighted by atomic mass is 16.3. The lowest BCUT2D eigenvalue weighted by Crippen LogP contribution is -2.40. The Morgan fingerprint density at radius 2 is 2.00 bits per heavy atom. The van der Waals surface area contributed by atoms with Gasteiger partial charge in [-0.3, -0.25) is 0 Å². The van der Waals surface area contributed by atoms with Crippen LogP contribution in [0.5, 0.6) is 0 Å². The molecule has 0 saturated carbocycles. The minimum absolute atomic E-state index is 0.375. The first-order chi connectivity index (χ1) is 9.73. The van der Waals surface area contributed by atoms with Gasteiger partial charge >= 0.3 is 0 Å². The van der Waals surface area contributed by atoms with Crippen molar-refractivity contribution in [2.75, 3.05) is 11.9 Å². The van der Waals surface area contributed by atoms with E-state index in [9.17, 15) is 0 Å². The number of nitrogens with zero attached hydrogens (tertiary/aromatic N) is 1. The fraction of sp³-hybridized carbons (Fsp3) is 0.188. The second-order valence-electron chi connectivity index (χ2n) is 5.02. The molecule has 1 unspecified atom stereocenters. The topological polar surface area (TPSA) is 64.1 Å². The Morgan fingerprint density at radius 1 is 1.20 bits per heavy atom. The van der Waals surface area contributed by atoms with Gasteiger partial charge < -0.3 is 15.5 Å². The Balaban J connectivity index is 2.01. The molecule has 1 aromatic carbocycles. The first-order valence-corrected chi connectivity index (χ1v) is 6.59. The maximum Gasteiger partial charge on any atom is 0.139 e. The van der Waals surface area contributed by atoms with Crippen molar-refractivity contribution in [2.24, 2.45) is 5.73 Å². The van der Waals surface area contributed by atoms with Gasteiger partial charge in [0.15, 0.2) is 0 Å². The van der Waals surface area contributed by atoms with E-state index in [1.54, 1.807) is 12.5 Å². The van der Waals surface area contributed by atoms with Crippen molar-refractivity contribution in [3.05, 3.63) is 60.5 Å².